The monoisotopic (exact) mass is 412 g/mol. The topological polar surface area (TPSA) is 20.2 Å². The van der Waals surface area contributed by atoms with Crippen molar-refractivity contribution in [3.8, 4) is 0 Å². The lowest BCUT2D eigenvalue weighted by molar-refractivity contribution is -0.0540. The minimum absolute atomic E-state index is 0.0870. The van der Waals surface area contributed by atoms with Gasteiger partial charge in [-0.25, -0.2) is 0 Å². The average Bonchev–Trinajstić information content (AvgIpc) is 3.06. The molecule has 0 amide bonds. The SMILES string of the molecule is CC[C@@H](/C=C\[C@H](C)[C@@H]1CC[C@@H]2[C@H]3CC=C4C[C@@H](O)CC[C@]4(C)[C@@H]3CC[C@@]21C)C(C)C. The molecule has 3 fully saturated rings. The summed E-state index contributed by atoms with van der Waals surface area (Å²) >= 11 is 0. The third-order valence-electron chi connectivity index (χ3n) is 10.8. The Balaban J connectivity index is 1.52. The average molecular weight is 413 g/mol. The van der Waals surface area contributed by atoms with Crippen molar-refractivity contribution in [2.75, 3.05) is 0 Å². The Hall–Kier alpha value is -0.560. The molecule has 30 heavy (non-hydrogen) atoms. The summed E-state index contributed by atoms with van der Waals surface area (Å²) in [5.74, 6) is 5.70. The zero-order chi connectivity index (χ0) is 21.7. The van der Waals surface area contributed by atoms with Gasteiger partial charge in [0, 0.05) is 0 Å². The van der Waals surface area contributed by atoms with E-state index in [1.165, 1.54) is 44.9 Å². The van der Waals surface area contributed by atoms with Crippen LogP contribution in [0.25, 0.3) is 0 Å². The summed E-state index contributed by atoms with van der Waals surface area (Å²) in [4.78, 5) is 0. The molecule has 0 aromatic carbocycles. The van der Waals surface area contributed by atoms with Crippen molar-refractivity contribution < 1.29 is 5.11 Å². The summed E-state index contributed by atoms with van der Waals surface area (Å²) in [7, 11) is 0. The zero-order valence-electron chi connectivity index (χ0n) is 20.7. The first kappa shape index (κ1) is 22.6. The van der Waals surface area contributed by atoms with Crippen LogP contribution >= 0.6 is 0 Å². The van der Waals surface area contributed by atoms with E-state index in [0.29, 0.717) is 16.7 Å². The molecule has 0 radical (unpaired) electrons. The number of allylic oxidation sites excluding steroid dienone is 3. The van der Waals surface area contributed by atoms with Crippen LogP contribution < -0.4 is 0 Å². The van der Waals surface area contributed by atoms with Gasteiger partial charge in [-0.05, 0) is 110 Å². The Bertz CT molecular complexity index is 674. The molecule has 0 bridgehead atoms. The first-order valence-electron chi connectivity index (χ1n) is 13.3. The van der Waals surface area contributed by atoms with Crippen LogP contribution in [0.4, 0.5) is 0 Å². The summed E-state index contributed by atoms with van der Waals surface area (Å²) in [6, 6.07) is 0. The molecule has 4 aliphatic rings. The second kappa shape index (κ2) is 8.42. The van der Waals surface area contributed by atoms with Crippen LogP contribution in [0, 0.1) is 52.3 Å². The van der Waals surface area contributed by atoms with Gasteiger partial charge in [0.15, 0.2) is 0 Å². The quantitative estimate of drug-likeness (QED) is 0.457. The van der Waals surface area contributed by atoms with Crippen molar-refractivity contribution in [1.82, 2.24) is 0 Å². The highest BCUT2D eigenvalue weighted by Gasteiger charge is 2.58. The molecule has 0 spiro atoms. The molecular weight excluding hydrogens is 364 g/mol. The number of rotatable bonds is 5. The second-order valence-electron chi connectivity index (χ2n) is 12.4. The Morgan fingerprint density at radius 2 is 1.80 bits per heavy atom. The number of aliphatic hydroxyl groups is 1. The van der Waals surface area contributed by atoms with Gasteiger partial charge in [-0.3, -0.25) is 0 Å². The summed E-state index contributed by atoms with van der Waals surface area (Å²) in [6.07, 6.45) is 19.1. The lowest BCUT2D eigenvalue weighted by Crippen LogP contribution is -2.50. The third kappa shape index (κ3) is 3.66. The van der Waals surface area contributed by atoms with Gasteiger partial charge in [0.1, 0.15) is 0 Å². The molecule has 4 aliphatic carbocycles. The Labute approximate surface area is 186 Å². The predicted octanol–water partition coefficient (Wildman–Crippen LogP) is 7.80. The fourth-order valence-corrected chi connectivity index (χ4v) is 8.83. The van der Waals surface area contributed by atoms with Crippen molar-refractivity contribution in [3.05, 3.63) is 23.8 Å². The molecule has 0 aromatic heterocycles. The van der Waals surface area contributed by atoms with Crippen molar-refractivity contribution >= 4 is 0 Å². The molecular formula is C29H48O. The molecule has 1 heteroatoms. The molecule has 4 rings (SSSR count). The first-order valence-corrected chi connectivity index (χ1v) is 13.3. The fraction of sp³-hybridized carbons (Fsp3) is 0.862. The number of fused-ring (bicyclic) bond motifs is 5. The highest BCUT2D eigenvalue weighted by atomic mass is 16.3. The van der Waals surface area contributed by atoms with E-state index in [0.717, 1.165) is 48.3 Å². The molecule has 0 heterocycles. The van der Waals surface area contributed by atoms with E-state index >= 15 is 0 Å². The number of hydrogen-bond donors (Lipinski definition) is 1. The van der Waals surface area contributed by atoms with E-state index in [-0.39, 0.29) is 6.10 Å². The van der Waals surface area contributed by atoms with Crippen LogP contribution in [0.2, 0.25) is 0 Å². The summed E-state index contributed by atoms with van der Waals surface area (Å²) in [5.41, 5.74) is 2.51. The van der Waals surface area contributed by atoms with Gasteiger partial charge in [-0.2, -0.15) is 0 Å². The molecule has 0 unspecified atom stereocenters. The van der Waals surface area contributed by atoms with E-state index in [2.05, 4.69) is 59.8 Å². The Morgan fingerprint density at radius 3 is 2.50 bits per heavy atom. The highest BCUT2D eigenvalue weighted by molar-refractivity contribution is 5.25. The van der Waals surface area contributed by atoms with E-state index < -0.39 is 0 Å². The summed E-state index contributed by atoms with van der Waals surface area (Å²) in [5, 5.41) is 10.2. The van der Waals surface area contributed by atoms with Gasteiger partial charge in [0.05, 0.1) is 6.10 Å². The fourth-order valence-electron chi connectivity index (χ4n) is 8.83. The maximum atomic E-state index is 10.2. The molecule has 9 atom stereocenters. The van der Waals surface area contributed by atoms with Crippen molar-refractivity contribution in [3.63, 3.8) is 0 Å². The van der Waals surface area contributed by atoms with Crippen LogP contribution in [0.3, 0.4) is 0 Å². The molecule has 0 saturated heterocycles. The molecule has 3 saturated carbocycles. The lowest BCUT2D eigenvalue weighted by atomic mass is 9.47. The van der Waals surface area contributed by atoms with Crippen molar-refractivity contribution in [1.29, 1.82) is 0 Å². The Kier molecular flexibility index (Phi) is 6.35. The van der Waals surface area contributed by atoms with E-state index in [1.807, 2.05) is 0 Å². The molecule has 0 aliphatic heterocycles. The predicted molar refractivity (Wildman–Crippen MR) is 128 cm³/mol. The summed E-state index contributed by atoms with van der Waals surface area (Å²) < 4.78 is 0. The maximum Gasteiger partial charge on any atom is 0.0577 e. The minimum Gasteiger partial charge on any atom is -0.393 e. The smallest absolute Gasteiger partial charge is 0.0577 e. The highest BCUT2D eigenvalue weighted by Crippen LogP contribution is 2.67. The van der Waals surface area contributed by atoms with Crippen LogP contribution in [0.1, 0.15) is 99.3 Å². The minimum atomic E-state index is -0.0870. The van der Waals surface area contributed by atoms with Crippen LogP contribution in [-0.2, 0) is 0 Å². The van der Waals surface area contributed by atoms with Gasteiger partial charge in [-0.15, -0.1) is 0 Å². The number of aliphatic hydroxyl groups excluding tert-OH is 1. The second-order valence-corrected chi connectivity index (χ2v) is 12.4. The van der Waals surface area contributed by atoms with E-state index in [4.69, 9.17) is 0 Å². The standard InChI is InChI=1S/C29H48O/c1-7-21(19(2)3)9-8-20(4)25-12-13-26-24-11-10-22-18-23(30)14-16-28(22,5)27(24)15-17-29(25,26)6/h8-10,19-21,23-27,30H,7,11-18H2,1-6H3/b9-8-/t20-,21-,23-,24+,25-,26+,27+,28-,29+/m0/s1. The van der Waals surface area contributed by atoms with Crippen molar-refractivity contribution in [2.45, 2.75) is 105 Å². The summed E-state index contributed by atoms with van der Waals surface area (Å²) in [6.45, 7) is 14.8. The van der Waals surface area contributed by atoms with Crippen LogP contribution in [0.5, 0.6) is 0 Å². The number of hydrogen-bond acceptors (Lipinski definition) is 1. The first-order chi connectivity index (χ1) is 14.2. The van der Waals surface area contributed by atoms with Gasteiger partial charge < -0.3 is 5.11 Å². The van der Waals surface area contributed by atoms with Crippen molar-refractivity contribution in [2.24, 2.45) is 52.3 Å². The van der Waals surface area contributed by atoms with Crippen LogP contribution in [0.15, 0.2) is 23.8 Å². The molecule has 1 nitrogen and oxygen atoms in total. The lowest BCUT2D eigenvalue weighted by Gasteiger charge is -2.58. The van der Waals surface area contributed by atoms with Gasteiger partial charge >= 0.3 is 0 Å². The largest absolute Gasteiger partial charge is 0.393 e. The Morgan fingerprint density at radius 1 is 1.03 bits per heavy atom. The van der Waals surface area contributed by atoms with E-state index in [9.17, 15) is 5.11 Å². The van der Waals surface area contributed by atoms with Gasteiger partial charge in [0.25, 0.3) is 0 Å². The van der Waals surface area contributed by atoms with Crippen LogP contribution in [-0.4, -0.2) is 11.2 Å². The third-order valence-corrected chi connectivity index (χ3v) is 10.8. The van der Waals surface area contributed by atoms with Gasteiger partial charge in [-0.1, -0.05) is 65.3 Å². The zero-order valence-corrected chi connectivity index (χ0v) is 20.7. The molecule has 170 valence electrons. The normalized spacial score (nSPS) is 45.6. The van der Waals surface area contributed by atoms with E-state index in [1.54, 1.807) is 5.57 Å². The molecule has 0 aromatic rings. The molecule has 1 N–H and O–H groups in total. The van der Waals surface area contributed by atoms with Gasteiger partial charge in [0.2, 0.25) is 0 Å². The maximum absolute atomic E-state index is 10.2.